The molecule has 0 saturated heterocycles. The van der Waals surface area contributed by atoms with Gasteiger partial charge in [-0.2, -0.15) is 0 Å². The number of nitrogens with one attached hydrogen (secondary N) is 2. The second kappa shape index (κ2) is 6.51. The SMILES string of the molecule is CC(=O)Oc1ccc(NC(=O)Nc2cccc(C)n2)cc1. The average Bonchev–Trinajstić information content (AvgIpc) is 2.40. The Morgan fingerprint density at radius 3 is 2.38 bits per heavy atom. The van der Waals surface area contributed by atoms with Gasteiger partial charge in [-0.3, -0.25) is 10.1 Å². The Balaban J connectivity index is 1.95. The van der Waals surface area contributed by atoms with Crippen molar-refractivity contribution in [2.45, 2.75) is 13.8 Å². The minimum absolute atomic E-state index is 0.390. The van der Waals surface area contributed by atoms with Crippen LogP contribution in [0.4, 0.5) is 16.3 Å². The Bertz CT molecular complexity index is 653. The summed E-state index contributed by atoms with van der Waals surface area (Å²) in [5.41, 5.74) is 1.40. The smallest absolute Gasteiger partial charge is 0.324 e. The second-order valence-corrected chi connectivity index (χ2v) is 4.36. The molecule has 2 aromatic rings. The van der Waals surface area contributed by atoms with Crippen molar-refractivity contribution < 1.29 is 14.3 Å². The van der Waals surface area contributed by atoms with Crippen LogP contribution in [0.1, 0.15) is 12.6 Å². The average molecular weight is 285 g/mol. The number of carbonyl (C=O) groups excluding carboxylic acids is 2. The molecule has 1 aromatic heterocycles. The molecule has 0 aliphatic rings. The first kappa shape index (κ1) is 14.5. The highest BCUT2D eigenvalue weighted by Gasteiger charge is 2.04. The molecule has 6 heteroatoms. The molecule has 1 aromatic carbocycles. The summed E-state index contributed by atoms with van der Waals surface area (Å²) in [6, 6.07) is 11.4. The molecule has 6 nitrogen and oxygen atoms in total. The molecule has 0 fully saturated rings. The van der Waals surface area contributed by atoms with Gasteiger partial charge in [0.25, 0.3) is 0 Å². The summed E-state index contributed by atoms with van der Waals surface area (Å²) in [5, 5.41) is 5.29. The van der Waals surface area contributed by atoms with Crippen molar-refractivity contribution in [2.24, 2.45) is 0 Å². The number of aromatic nitrogens is 1. The monoisotopic (exact) mass is 285 g/mol. The molecule has 1 heterocycles. The molecule has 2 rings (SSSR count). The van der Waals surface area contributed by atoms with Crippen molar-refractivity contribution >= 4 is 23.5 Å². The number of urea groups is 1. The lowest BCUT2D eigenvalue weighted by atomic mass is 10.3. The molecular weight excluding hydrogens is 270 g/mol. The first-order valence-electron chi connectivity index (χ1n) is 6.33. The van der Waals surface area contributed by atoms with Crippen LogP contribution in [0.15, 0.2) is 42.5 Å². The quantitative estimate of drug-likeness (QED) is 0.671. The molecule has 2 N–H and O–H groups in total. The van der Waals surface area contributed by atoms with E-state index in [0.29, 0.717) is 17.3 Å². The molecule has 0 aliphatic carbocycles. The maximum absolute atomic E-state index is 11.8. The lowest BCUT2D eigenvalue weighted by Gasteiger charge is -2.08. The molecule has 0 bridgehead atoms. The zero-order valence-electron chi connectivity index (χ0n) is 11.7. The third kappa shape index (κ3) is 4.61. The minimum Gasteiger partial charge on any atom is -0.427 e. The number of ether oxygens (including phenoxy) is 1. The van der Waals surface area contributed by atoms with E-state index in [-0.39, 0.29) is 5.97 Å². The summed E-state index contributed by atoms with van der Waals surface area (Å²) in [4.78, 5) is 26.8. The van der Waals surface area contributed by atoms with Crippen molar-refractivity contribution in [3.05, 3.63) is 48.2 Å². The second-order valence-electron chi connectivity index (χ2n) is 4.36. The van der Waals surface area contributed by atoms with E-state index in [2.05, 4.69) is 15.6 Å². The molecule has 108 valence electrons. The summed E-state index contributed by atoms with van der Waals surface area (Å²) in [6.07, 6.45) is 0. The zero-order valence-corrected chi connectivity index (χ0v) is 11.7. The van der Waals surface area contributed by atoms with Crippen LogP contribution in [-0.4, -0.2) is 17.0 Å². The van der Waals surface area contributed by atoms with E-state index in [1.54, 1.807) is 30.3 Å². The van der Waals surface area contributed by atoms with Crippen molar-refractivity contribution in [3.8, 4) is 5.75 Å². The first-order chi connectivity index (χ1) is 10.0. The number of pyridine rings is 1. The predicted octanol–water partition coefficient (Wildman–Crippen LogP) is 2.96. The largest absolute Gasteiger partial charge is 0.427 e. The normalized spacial score (nSPS) is 9.81. The summed E-state index contributed by atoms with van der Waals surface area (Å²) in [6.45, 7) is 3.17. The van der Waals surface area contributed by atoms with E-state index in [4.69, 9.17) is 4.74 Å². The van der Waals surface area contributed by atoms with E-state index < -0.39 is 6.03 Å². The van der Waals surface area contributed by atoms with E-state index in [9.17, 15) is 9.59 Å². The van der Waals surface area contributed by atoms with Gasteiger partial charge in [0.1, 0.15) is 11.6 Å². The van der Waals surface area contributed by atoms with E-state index in [1.807, 2.05) is 19.1 Å². The zero-order chi connectivity index (χ0) is 15.2. The fourth-order valence-corrected chi connectivity index (χ4v) is 1.66. The number of nitrogens with zero attached hydrogens (tertiary/aromatic N) is 1. The Hall–Kier alpha value is -2.89. The summed E-state index contributed by atoms with van der Waals surface area (Å²) in [5.74, 6) is 0.511. The van der Waals surface area contributed by atoms with Gasteiger partial charge in [-0.25, -0.2) is 9.78 Å². The highest BCUT2D eigenvalue weighted by atomic mass is 16.5. The van der Waals surface area contributed by atoms with Gasteiger partial charge >= 0.3 is 12.0 Å². The number of anilines is 2. The first-order valence-corrected chi connectivity index (χ1v) is 6.33. The van der Waals surface area contributed by atoms with Crippen LogP contribution in [0.5, 0.6) is 5.75 Å². The molecule has 0 saturated carbocycles. The molecule has 0 aliphatic heterocycles. The fraction of sp³-hybridized carbons (Fsp3) is 0.133. The summed E-state index contributed by atoms with van der Waals surface area (Å²) < 4.78 is 4.91. The van der Waals surface area contributed by atoms with Crippen LogP contribution in [0.2, 0.25) is 0 Å². The van der Waals surface area contributed by atoms with Gasteiger partial charge in [0, 0.05) is 18.3 Å². The van der Waals surface area contributed by atoms with Crippen molar-refractivity contribution in [2.75, 3.05) is 10.6 Å². The van der Waals surface area contributed by atoms with Gasteiger partial charge < -0.3 is 10.1 Å². The molecule has 2 amide bonds. The maximum atomic E-state index is 11.8. The van der Waals surface area contributed by atoms with E-state index >= 15 is 0 Å². The van der Waals surface area contributed by atoms with Gasteiger partial charge in [-0.15, -0.1) is 0 Å². The number of amides is 2. The topological polar surface area (TPSA) is 80.3 Å². The molecule has 0 spiro atoms. The predicted molar refractivity (Wildman–Crippen MR) is 79.4 cm³/mol. The molecule has 21 heavy (non-hydrogen) atoms. The number of esters is 1. The van der Waals surface area contributed by atoms with Gasteiger partial charge in [-0.1, -0.05) is 6.07 Å². The maximum Gasteiger partial charge on any atom is 0.324 e. The highest BCUT2D eigenvalue weighted by molar-refractivity contribution is 5.99. The molecule has 0 radical (unpaired) electrons. The number of benzene rings is 1. The number of rotatable bonds is 3. The third-order valence-corrected chi connectivity index (χ3v) is 2.50. The standard InChI is InChI=1S/C15H15N3O3/c1-10-4-3-5-14(16-10)18-15(20)17-12-6-8-13(9-7-12)21-11(2)19/h3-9H,1-2H3,(H2,16,17,18,20). The van der Waals surface area contributed by atoms with Gasteiger partial charge in [0.05, 0.1) is 0 Å². The van der Waals surface area contributed by atoms with Crippen LogP contribution in [0.25, 0.3) is 0 Å². The van der Waals surface area contributed by atoms with Gasteiger partial charge in [0.2, 0.25) is 0 Å². The lowest BCUT2D eigenvalue weighted by Crippen LogP contribution is -2.20. The number of hydrogen-bond acceptors (Lipinski definition) is 4. The number of carbonyl (C=O) groups is 2. The Labute approximate surface area is 122 Å². The summed E-state index contributed by atoms with van der Waals surface area (Å²) in [7, 11) is 0. The van der Waals surface area contributed by atoms with Crippen LogP contribution in [0, 0.1) is 6.92 Å². The van der Waals surface area contributed by atoms with Crippen molar-refractivity contribution in [1.82, 2.24) is 4.98 Å². The van der Waals surface area contributed by atoms with Crippen molar-refractivity contribution in [1.29, 1.82) is 0 Å². The van der Waals surface area contributed by atoms with Gasteiger partial charge in [-0.05, 0) is 43.3 Å². The van der Waals surface area contributed by atoms with Gasteiger partial charge in [0.15, 0.2) is 0 Å². The highest BCUT2D eigenvalue weighted by Crippen LogP contribution is 2.16. The van der Waals surface area contributed by atoms with Crippen LogP contribution in [0.3, 0.4) is 0 Å². The van der Waals surface area contributed by atoms with Crippen LogP contribution in [-0.2, 0) is 4.79 Å². The van der Waals surface area contributed by atoms with Crippen molar-refractivity contribution in [3.63, 3.8) is 0 Å². The Kier molecular flexibility index (Phi) is 4.50. The van der Waals surface area contributed by atoms with Crippen LogP contribution < -0.4 is 15.4 Å². The van der Waals surface area contributed by atoms with E-state index in [0.717, 1.165) is 5.69 Å². The molecule has 0 atom stereocenters. The number of hydrogen-bond donors (Lipinski definition) is 2. The fourth-order valence-electron chi connectivity index (χ4n) is 1.66. The lowest BCUT2D eigenvalue weighted by molar-refractivity contribution is -0.131. The minimum atomic E-state index is -0.395. The third-order valence-electron chi connectivity index (χ3n) is 2.50. The Morgan fingerprint density at radius 2 is 1.76 bits per heavy atom. The van der Waals surface area contributed by atoms with E-state index in [1.165, 1.54) is 6.92 Å². The molecular formula is C15H15N3O3. The summed E-state index contributed by atoms with van der Waals surface area (Å²) >= 11 is 0. The Morgan fingerprint density at radius 1 is 1.05 bits per heavy atom. The molecule has 0 unspecified atom stereocenters. The van der Waals surface area contributed by atoms with Crippen LogP contribution >= 0.6 is 0 Å². The number of aryl methyl sites for hydroxylation is 1.